The molecule has 0 amide bonds. The van der Waals surface area contributed by atoms with Crippen LogP contribution in [0.3, 0.4) is 0 Å². The zero-order valence-electron chi connectivity index (χ0n) is 9.75. The van der Waals surface area contributed by atoms with Crippen molar-refractivity contribution in [3.8, 4) is 0 Å². The Morgan fingerprint density at radius 1 is 1.59 bits per heavy atom. The van der Waals surface area contributed by atoms with E-state index in [1.54, 1.807) is 6.07 Å². The molecule has 0 radical (unpaired) electrons. The third kappa shape index (κ3) is 2.39. The highest BCUT2D eigenvalue weighted by molar-refractivity contribution is 9.10. The maximum atomic E-state index is 13.4. The molecule has 1 saturated heterocycles. The maximum Gasteiger partial charge on any atom is 0.137 e. The van der Waals surface area contributed by atoms with Crippen molar-refractivity contribution < 1.29 is 14.2 Å². The molecule has 94 valence electrons. The fourth-order valence-corrected chi connectivity index (χ4v) is 2.78. The minimum atomic E-state index is -0.281. The van der Waals surface area contributed by atoms with Gasteiger partial charge in [0.15, 0.2) is 0 Å². The second-order valence-electron chi connectivity index (χ2n) is 4.67. The summed E-state index contributed by atoms with van der Waals surface area (Å²) in [6.07, 6.45) is 1.44. The molecule has 1 aliphatic rings. The van der Waals surface area contributed by atoms with Crippen molar-refractivity contribution in [2.75, 3.05) is 13.2 Å². The van der Waals surface area contributed by atoms with Crippen LogP contribution in [-0.4, -0.2) is 24.4 Å². The lowest BCUT2D eigenvalue weighted by atomic mass is 9.77. The van der Waals surface area contributed by atoms with Gasteiger partial charge < -0.3 is 9.84 Å². The molecule has 0 bridgehead atoms. The predicted octanol–water partition coefficient (Wildman–Crippen LogP) is 2.92. The van der Waals surface area contributed by atoms with Gasteiger partial charge >= 0.3 is 0 Å². The summed E-state index contributed by atoms with van der Waals surface area (Å²) in [4.78, 5) is 0. The smallest absolute Gasteiger partial charge is 0.137 e. The molecule has 0 aromatic heterocycles. The summed E-state index contributed by atoms with van der Waals surface area (Å²) >= 11 is 3.26. The van der Waals surface area contributed by atoms with E-state index in [4.69, 9.17) is 4.74 Å². The zero-order valence-corrected chi connectivity index (χ0v) is 11.3. The van der Waals surface area contributed by atoms with Gasteiger partial charge in [0.05, 0.1) is 17.2 Å². The molecular weight excluding hydrogens is 287 g/mol. The zero-order chi connectivity index (χ0) is 12.5. The lowest BCUT2D eigenvalue weighted by molar-refractivity contribution is 0.0270. The second-order valence-corrected chi connectivity index (χ2v) is 5.47. The number of benzene rings is 1. The van der Waals surface area contributed by atoms with E-state index in [1.165, 1.54) is 6.07 Å². The SMILES string of the molecule is CC1OCCC1(CO)Cc1cccc(F)c1Br. The van der Waals surface area contributed by atoms with Gasteiger partial charge in [-0.1, -0.05) is 12.1 Å². The number of ether oxygens (including phenoxy) is 1. The summed E-state index contributed by atoms with van der Waals surface area (Å²) in [5.41, 5.74) is 0.604. The summed E-state index contributed by atoms with van der Waals surface area (Å²) in [6.45, 7) is 2.70. The molecule has 1 aromatic rings. The first-order valence-corrected chi connectivity index (χ1v) is 6.54. The molecule has 0 saturated carbocycles. The van der Waals surface area contributed by atoms with E-state index >= 15 is 0 Å². The van der Waals surface area contributed by atoms with Gasteiger partial charge in [-0.25, -0.2) is 4.39 Å². The molecule has 2 atom stereocenters. The van der Waals surface area contributed by atoms with Crippen LogP contribution >= 0.6 is 15.9 Å². The molecule has 1 N–H and O–H groups in total. The molecule has 1 fully saturated rings. The highest BCUT2D eigenvalue weighted by Gasteiger charge is 2.41. The van der Waals surface area contributed by atoms with E-state index in [9.17, 15) is 9.50 Å². The average Bonchev–Trinajstić information content (AvgIpc) is 2.67. The maximum absolute atomic E-state index is 13.4. The van der Waals surface area contributed by atoms with Crippen LogP contribution in [0, 0.1) is 11.2 Å². The number of hydrogen-bond donors (Lipinski definition) is 1. The molecule has 2 unspecified atom stereocenters. The molecule has 4 heteroatoms. The van der Waals surface area contributed by atoms with E-state index in [2.05, 4.69) is 15.9 Å². The van der Waals surface area contributed by atoms with E-state index in [0.717, 1.165) is 12.0 Å². The van der Waals surface area contributed by atoms with E-state index in [1.807, 2.05) is 13.0 Å². The average molecular weight is 303 g/mol. The summed E-state index contributed by atoms with van der Waals surface area (Å²) in [5.74, 6) is -0.262. The monoisotopic (exact) mass is 302 g/mol. The van der Waals surface area contributed by atoms with Gasteiger partial charge in [0, 0.05) is 12.0 Å². The summed E-state index contributed by atoms with van der Waals surface area (Å²) < 4.78 is 19.5. The molecule has 1 heterocycles. The molecule has 0 spiro atoms. The van der Waals surface area contributed by atoms with Gasteiger partial charge in [-0.2, -0.15) is 0 Å². The molecule has 0 aliphatic carbocycles. The first kappa shape index (κ1) is 13.0. The summed E-state index contributed by atoms with van der Waals surface area (Å²) in [7, 11) is 0. The van der Waals surface area contributed by atoms with Crippen molar-refractivity contribution in [2.45, 2.75) is 25.9 Å². The van der Waals surface area contributed by atoms with Gasteiger partial charge in [-0.15, -0.1) is 0 Å². The van der Waals surface area contributed by atoms with Crippen LogP contribution in [0.4, 0.5) is 4.39 Å². The molecular formula is C13H16BrFO2. The number of aliphatic hydroxyl groups excluding tert-OH is 1. The molecule has 1 aliphatic heterocycles. The highest BCUT2D eigenvalue weighted by atomic mass is 79.9. The van der Waals surface area contributed by atoms with Crippen LogP contribution < -0.4 is 0 Å². The standard InChI is InChI=1S/C13H16BrFO2/c1-9-13(8-16,5-6-17-9)7-10-3-2-4-11(15)12(10)14/h2-4,9,16H,5-8H2,1H3. The number of hydrogen-bond acceptors (Lipinski definition) is 2. The highest BCUT2D eigenvalue weighted by Crippen LogP contribution is 2.39. The number of rotatable bonds is 3. The lowest BCUT2D eigenvalue weighted by Gasteiger charge is -2.30. The quantitative estimate of drug-likeness (QED) is 0.930. The van der Waals surface area contributed by atoms with Crippen LogP contribution in [0.25, 0.3) is 0 Å². The Bertz CT molecular complexity index is 410. The Morgan fingerprint density at radius 2 is 2.35 bits per heavy atom. The second kappa shape index (κ2) is 5.04. The third-order valence-corrected chi connectivity index (χ3v) is 4.61. The van der Waals surface area contributed by atoms with Gasteiger partial charge in [0.2, 0.25) is 0 Å². The van der Waals surface area contributed by atoms with Crippen molar-refractivity contribution in [1.82, 2.24) is 0 Å². The topological polar surface area (TPSA) is 29.5 Å². The van der Waals surface area contributed by atoms with Crippen molar-refractivity contribution in [3.05, 3.63) is 34.1 Å². The Balaban J connectivity index is 2.27. The lowest BCUT2D eigenvalue weighted by Crippen LogP contribution is -2.35. The fourth-order valence-electron chi connectivity index (χ4n) is 2.38. The van der Waals surface area contributed by atoms with Gasteiger partial charge in [-0.05, 0) is 47.3 Å². The van der Waals surface area contributed by atoms with Crippen molar-refractivity contribution in [3.63, 3.8) is 0 Å². The minimum absolute atomic E-state index is 0.00247. The molecule has 1 aromatic carbocycles. The van der Waals surface area contributed by atoms with Crippen LogP contribution in [0.1, 0.15) is 18.9 Å². The minimum Gasteiger partial charge on any atom is -0.396 e. The van der Waals surface area contributed by atoms with E-state index in [-0.39, 0.29) is 23.9 Å². The number of halogens is 2. The van der Waals surface area contributed by atoms with Gasteiger partial charge in [-0.3, -0.25) is 0 Å². The van der Waals surface area contributed by atoms with Crippen LogP contribution in [-0.2, 0) is 11.2 Å². The summed E-state index contributed by atoms with van der Waals surface area (Å²) in [6, 6.07) is 5.00. The fraction of sp³-hybridized carbons (Fsp3) is 0.538. The van der Waals surface area contributed by atoms with Crippen molar-refractivity contribution >= 4 is 15.9 Å². The van der Waals surface area contributed by atoms with Crippen molar-refractivity contribution in [1.29, 1.82) is 0 Å². The Labute approximate surface area is 109 Å². The largest absolute Gasteiger partial charge is 0.396 e. The summed E-state index contributed by atoms with van der Waals surface area (Å²) in [5, 5.41) is 9.62. The Hall–Kier alpha value is -0.450. The Morgan fingerprint density at radius 3 is 2.94 bits per heavy atom. The Kier molecular flexibility index (Phi) is 3.85. The van der Waals surface area contributed by atoms with Crippen LogP contribution in [0.5, 0.6) is 0 Å². The van der Waals surface area contributed by atoms with E-state index in [0.29, 0.717) is 17.5 Å². The normalized spacial score (nSPS) is 28.6. The molecule has 2 rings (SSSR count). The third-order valence-electron chi connectivity index (χ3n) is 3.72. The first-order valence-electron chi connectivity index (χ1n) is 5.74. The van der Waals surface area contributed by atoms with E-state index < -0.39 is 0 Å². The van der Waals surface area contributed by atoms with Crippen LogP contribution in [0.15, 0.2) is 22.7 Å². The number of aliphatic hydroxyl groups is 1. The first-order chi connectivity index (χ1) is 8.09. The van der Waals surface area contributed by atoms with Gasteiger partial charge in [0.1, 0.15) is 5.82 Å². The van der Waals surface area contributed by atoms with Crippen LogP contribution in [0.2, 0.25) is 0 Å². The van der Waals surface area contributed by atoms with Gasteiger partial charge in [0.25, 0.3) is 0 Å². The molecule has 17 heavy (non-hydrogen) atoms. The van der Waals surface area contributed by atoms with Crippen molar-refractivity contribution in [2.24, 2.45) is 5.41 Å². The molecule has 2 nitrogen and oxygen atoms in total. The predicted molar refractivity (Wildman–Crippen MR) is 67.4 cm³/mol.